The van der Waals surface area contributed by atoms with E-state index in [9.17, 15) is 14.9 Å². The zero-order valence-electron chi connectivity index (χ0n) is 17.9. The van der Waals surface area contributed by atoms with Gasteiger partial charge in [0.1, 0.15) is 18.2 Å². The Bertz CT molecular complexity index is 967. The van der Waals surface area contributed by atoms with E-state index in [1.165, 1.54) is 19.2 Å². The molecule has 1 aromatic carbocycles. The lowest BCUT2D eigenvalue weighted by molar-refractivity contribution is -0.384. The van der Waals surface area contributed by atoms with Crippen molar-refractivity contribution in [3.63, 3.8) is 0 Å². The fourth-order valence-electron chi connectivity index (χ4n) is 3.92. The maximum absolute atomic E-state index is 12.1. The predicted molar refractivity (Wildman–Crippen MR) is 115 cm³/mol. The average molecular weight is 425 g/mol. The molecule has 2 aromatic rings. The van der Waals surface area contributed by atoms with Crippen LogP contribution in [0.2, 0.25) is 0 Å². The van der Waals surface area contributed by atoms with Crippen molar-refractivity contribution in [3.05, 3.63) is 57.0 Å². The molecule has 0 radical (unpaired) electrons. The number of methoxy groups -OCH3 is 1. The van der Waals surface area contributed by atoms with Crippen LogP contribution in [0.3, 0.4) is 0 Å². The number of hydrogen-bond acceptors (Lipinski definition) is 7. The topological polar surface area (TPSA) is 102 Å². The van der Waals surface area contributed by atoms with Crippen LogP contribution in [-0.2, 0) is 16.0 Å². The first-order valence-corrected chi connectivity index (χ1v) is 10.6. The van der Waals surface area contributed by atoms with Gasteiger partial charge in [0, 0.05) is 69.0 Å². The molecule has 2 heterocycles. The summed E-state index contributed by atoms with van der Waals surface area (Å²) in [6.07, 6.45) is 2.85. The van der Waals surface area contributed by atoms with Gasteiger partial charge in [-0.15, -0.1) is 0 Å². The van der Waals surface area contributed by atoms with E-state index in [1.54, 1.807) is 12.1 Å². The van der Waals surface area contributed by atoms with Crippen molar-refractivity contribution in [2.24, 2.45) is 0 Å². The Morgan fingerprint density at radius 1 is 1.16 bits per heavy atom. The summed E-state index contributed by atoms with van der Waals surface area (Å²) in [6.45, 7) is 4.76. The lowest BCUT2D eigenvalue weighted by Gasteiger charge is -2.36. The van der Waals surface area contributed by atoms with E-state index in [0.717, 1.165) is 41.3 Å². The minimum absolute atomic E-state index is 0.00536. The van der Waals surface area contributed by atoms with Crippen LogP contribution in [0.4, 0.5) is 11.5 Å². The number of nitro groups is 1. The second-order valence-electron chi connectivity index (χ2n) is 8.14. The number of piperazine rings is 1. The van der Waals surface area contributed by atoms with E-state index in [2.05, 4.69) is 4.90 Å². The van der Waals surface area contributed by atoms with E-state index >= 15 is 0 Å². The summed E-state index contributed by atoms with van der Waals surface area (Å²) in [6, 6.07) is 6.64. The highest BCUT2D eigenvalue weighted by Crippen LogP contribution is 2.39. The number of ether oxygens (including phenoxy) is 1. The number of nitrogens with zero attached hydrogens (tertiary/aromatic N) is 5. The molecule has 1 amide bonds. The van der Waals surface area contributed by atoms with Gasteiger partial charge in [0.05, 0.1) is 4.92 Å². The Balaban J connectivity index is 1.58. The Hall–Kier alpha value is -3.07. The minimum Gasteiger partial charge on any atom is -0.375 e. The van der Waals surface area contributed by atoms with Crippen LogP contribution in [0, 0.1) is 17.0 Å². The van der Waals surface area contributed by atoms with Crippen LogP contribution in [0.25, 0.3) is 0 Å². The van der Waals surface area contributed by atoms with Gasteiger partial charge in [0.15, 0.2) is 0 Å². The third-order valence-electron chi connectivity index (χ3n) is 5.88. The summed E-state index contributed by atoms with van der Waals surface area (Å²) >= 11 is 0. The molecule has 0 spiro atoms. The molecule has 2 fully saturated rings. The number of nitro benzene ring substituents is 1. The van der Waals surface area contributed by atoms with Gasteiger partial charge in [0.25, 0.3) is 5.69 Å². The standard InChI is InChI=1S/C22H27N5O4/c1-15-19(13-16-3-7-18(8-4-16)27(29)30)22(24-21(23-15)17-5-6-17)26-11-9-25(10-12-26)20(28)14-31-2/h3-4,7-8,17H,5-6,9-14H2,1-2H3. The van der Waals surface area contributed by atoms with E-state index in [-0.39, 0.29) is 18.2 Å². The number of rotatable bonds is 7. The van der Waals surface area contributed by atoms with Crippen molar-refractivity contribution in [2.75, 3.05) is 44.8 Å². The van der Waals surface area contributed by atoms with E-state index in [4.69, 9.17) is 14.7 Å². The van der Waals surface area contributed by atoms with Crippen LogP contribution in [0.15, 0.2) is 24.3 Å². The first-order valence-electron chi connectivity index (χ1n) is 10.6. The smallest absolute Gasteiger partial charge is 0.269 e. The molecular formula is C22H27N5O4. The van der Waals surface area contributed by atoms with Gasteiger partial charge < -0.3 is 14.5 Å². The average Bonchev–Trinajstić information content (AvgIpc) is 3.61. The van der Waals surface area contributed by atoms with Crippen molar-refractivity contribution in [1.82, 2.24) is 14.9 Å². The summed E-state index contributed by atoms with van der Waals surface area (Å²) in [5.41, 5.74) is 3.04. The molecular weight excluding hydrogens is 398 g/mol. The fourth-order valence-corrected chi connectivity index (χ4v) is 3.92. The van der Waals surface area contributed by atoms with E-state index in [0.29, 0.717) is 38.5 Å². The molecule has 0 bridgehead atoms. The maximum Gasteiger partial charge on any atom is 0.269 e. The Labute approximate surface area is 181 Å². The van der Waals surface area contributed by atoms with Gasteiger partial charge >= 0.3 is 0 Å². The van der Waals surface area contributed by atoms with Crippen molar-refractivity contribution in [2.45, 2.75) is 32.1 Å². The number of carbonyl (C=O) groups excluding carboxylic acids is 1. The number of amides is 1. The third-order valence-corrected chi connectivity index (χ3v) is 5.88. The highest BCUT2D eigenvalue weighted by atomic mass is 16.6. The normalized spacial score (nSPS) is 16.5. The molecule has 1 saturated heterocycles. The predicted octanol–water partition coefficient (Wildman–Crippen LogP) is 2.46. The summed E-state index contributed by atoms with van der Waals surface area (Å²) in [4.78, 5) is 36.5. The summed E-state index contributed by atoms with van der Waals surface area (Å²) in [5, 5.41) is 11.0. The number of non-ortho nitro benzene ring substituents is 1. The van der Waals surface area contributed by atoms with E-state index in [1.807, 2.05) is 11.8 Å². The molecule has 0 N–H and O–H groups in total. The molecule has 1 aromatic heterocycles. The van der Waals surface area contributed by atoms with Crippen LogP contribution in [0.1, 0.15) is 41.4 Å². The number of hydrogen-bond donors (Lipinski definition) is 0. The number of benzene rings is 1. The molecule has 2 aliphatic rings. The van der Waals surface area contributed by atoms with Crippen molar-refractivity contribution < 1.29 is 14.5 Å². The first-order chi connectivity index (χ1) is 15.0. The van der Waals surface area contributed by atoms with Crippen LogP contribution in [0.5, 0.6) is 0 Å². The molecule has 1 saturated carbocycles. The Morgan fingerprint density at radius 2 is 1.84 bits per heavy atom. The Morgan fingerprint density at radius 3 is 2.42 bits per heavy atom. The number of aryl methyl sites for hydroxylation is 1. The van der Waals surface area contributed by atoms with Gasteiger partial charge in [0.2, 0.25) is 5.91 Å². The van der Waals surface area contributed by atoms with Crippen LogP contribution < -0.4 is 4.90 Å². The van der Waals surface area contributed by atoms with Gasteiger partial charge in [-0.3, -0.25) is 14.9 Å². The molecule has 1 aliphatic carbocycles. The van der Waals surface area contributed by atoms with Crippen LogP contribution >= 0.6 is 0 Å². The van der Waals surface area contributed by atoms with Crippen molar-refractivity contribution >= 4 is 17.4 Å². The molecule has 9 heteroatoms. The zero-order chi connectivity index (χ0) is 22.0. The Kier molecular flexibility index (Phi) is 6.13. The second-order valence-corrected chi connectivity index (χ2v) is 8.14. The molecule has 1 aliphatic heterocycles. The van der Waals surface area contributed by atoms with Gasteiger partial charge in [-0.25, -0.2) is 9.97 Å². The first kappa shape index (κ1) is 21.2. The van der Waals surface area contributed by atoms with Gasteiger partial charge in [-0.2, -0.15) is 0 Å². The highest BCUT2D eigenvalue weighted by molar-refractivity contribution is 5.77. The lowest BCUT2D eigenvalue weighted by Crippen LogP contribution is -2.50. The molecule has 9 nitrogen and oxygen atoms in total. The quantitative estimate of drug-likeness (QED) is 0.496. The third kappa shape index (κ3) is 4.82. The maximum atomic E-state index is 12.1. The molecule has 4 rings (SSSR count). The highest BCUT2D eigenvalue weighted by Gasteiger charge is 2.30. The van der Waals surface area contributed by atoms with Crippen molar-refractivity contribution in [1.29, 1.82) is 0 Å². The van der Waals surface area contributed by atoms with Gasteiger partial charge in [-0.1, -0.05) is 12.1 Å². The molecule has 31 heavy (non-hydrogen) atoms. The molecule has 164 valence electrons. The van der Waals surface area contributed by atoms with Gasteiger partial charge in [-0.05, 0) is 25.3 Å². The summed E-state index contributed by atoms with van der Waals surface area (Å²) in [5.74, 6) is 2.27. The van der Waals surface area contributed by atoms with Crippen LogP contribution in [-0.4, -0.2) is 65.6 Å². The number of carbonyl (C=O) groups is 1. The monoisotopic (exact) mass is 425 g/mol. The second kappa shape index (κ2) is 8.97. The van der Waals surface area contributed by atoms with Crippen molar-refractivity contribution in [3.8, 4) is 0 Å². The van der Waals surface area contributed by atoms with E-state index < -0.39 is 4.92 Å². The summed E-state index contributed by atoms with van der Waals surface area (Å²) < 4.78 is 4.97. The zero-order valence-corrected chi connectivity index (χ0v) is 17.9. The molecule has 0 unspecified atom stereocenters. The lowest BCUT2D eigenvalue weighted by atomic mass is 10.0. The minimum atomic E-state index is -0.391. The molecule has 0 atom stereocenters. The fraction of sp³-hybridized carbons (Fsp3) is 0.500. The summed E-state index contributed by atoms with van der Waals surface area (Å²) in [7, 11) is 1.53. The number of anilines is 1. The largest absolute Gasteiger partial charge is 0.375 e. The SMILES string of the molecule is COCC(=O)N1CCN(c2nc(C3CC3)nc(C)c2Cc2ccc([N+](=O)[O-])cc2)CC1. The number of aromatic nitrogens is 2.